The molecule has 0 radical (unpaired) electrons. The predicted octanol–water partition coefficient (Wildman–Crippen LogP) is 5.31. The Hall–Kier alpha value is -1.10. The van der Waals surface area contributed by atoms with E-state index in [-0.39, 0.29) is 26.4 Å². The van der Waals surface area contributed by atoms with Crippen LogP contribution in [-0.2, 0) is 0 Å². The molecule has 2 rings (SSSR count). The largest absolute Gasteiger partial charge is 0.432 e. The van der Waals surface area contributed by atoms with Crippen molar-refractivity contribution in [2.45, 2.75) is 6.61 Å². The molecule has 0 unspecified atom stereocenters. The molecule has 0 fully saturated rings. The van der Waals surface area contributed by atoms with Gasteiger partial charge in [-0.3, -0.25) is 4.98 Å². The highest BCUT2D eigenvalue weighted by Gasteiger charge is 2.19. The number of benzene rings is 1. The highest BCUT2D eigenvalue weighted by atomic mass is 35.5. The van der Waals surface area contributed by atoms with Crippen LogP contribution >= 0.6 is 34.8 Å². The van der Waals surface area contributed by atoms with Crippen LogP contribution in [0.5, 0.6) is 5.75 Å². The van der Waals surface area contributed by atoms with E-state index >= 15 is 0 Å². The van der Waals surface area contributed by atoms with Crippen molar-refractivity contribution in [3.63, 3.8) is 0 Å². The molecular formula is C12H6Cl3F2NO. The summed E-state index contributed by atoms with van der Waals surface area (Å²) >= 11 is 17.9. The first-order chi connectivity index (χ1) is 9.00. The van der Waals surface area contributed by atoms with Gasteiger partial charge in [-0.05, 0) is 12.1 Å². The molecule has 7 heteroatoms. The molecule has 1 heterocycles. The number of rotatable bonds is 3. The van der Waals surface area contributed by atoms with Gasteiger partial charge in [-0.25, -0.2) is 0 Å². The minimum Gasteiger partial charge on any atom is -0.432 e. The van der Waals surface area contributed by atoms with Crippen LogP contribution in [0, 0.1) is 0 Å². The van der Waals surface area contributed by atoms with Crippen molar-refractivity contribution in [3.8, 4) is 16.9 Å². The van der Waals surface area contributed by atoms with E-state index < -0.39 is 6.61 Å². The molecule has 0 aliphatic heterocycles. The van der Waals surface area contributed by atoms with Crippen molar-refractivity contribution in [3.05, 3.63) is 45.7 Å². The van der Waals surface area contributed by atoms with Gasteiger partial charge in [0.1, 0.15) is 5.02 Å². The lowest BCUT2D eigenvalue weighted by molar-refractivity contribution is -0.0494. The SMILES string of the molecule is FC(F)Oc1c(Cl)cncc1-c1c(Cl)cccc1Cl. The average Bonchev–Trinajstić information content (AvgIpc) is 2.32. The third kappa shape index (κ3) is 3.08. The first kappa shape index (κ1) is 14.3. The van der Waals surface area contributed by atoms with Gasteiger partial charge in [-0.2, -0.15) is 8.78 Å². The Morgan fingerprint density at radius 2 is 1.63 bits per heavy atom. The molecule has 0 atom stereocenters. The lowest BCUT2D eigenvalue weighted by atomic mass is 10.1. The van der Waals surface area contributed by atoms with Crippen LogP contribution in [0.2, 0.25) is 15.1 Å². The van der Waals surface area contributed by atoms with Gasteiger partial charge in [-0.1, -0.05) is 40.9 Å². The van der Waals surface area contributed by atoms with Crippen molar-refractivity contribution in [2.75, 3.05) is 0 Å². The summed E-state index contributed by atoms with van der Waals surface area (Å²) in [6, 6.07) is 4.80. The van der Waals surface area contributed by atoms with Gasteiger partial charge in [0, 0.05) is 23.5 Å². The topological polar surface area (TPSA) is 22.1 Å². The Kier molecular flexibility index (Phi) is 4.45. The smallest absolute Gasteiger partial charge is 0.387 e. The summed E-state index contributed by atoms with van der Waals surface area (Å²) in [6.07, 6.45) is 2.52. The highest BCUT2D eigenvalue weighted by Crippen LogP contribution is 2.42. The van der Waals surface area contributed by atoms with Crippen LogP contribution in [0.15, 0.2) is 30.6 Å². The number of hydrogen-bond donors (Lipinski definition) is 0. The van der Waals surface area contributed by atoms with Gasteiger partial charge in [0.25, 0.3) is 0 Å². The number of aromatic nitrogens is 1. The maximum absolute atomic E-state index is 12.4. The van der Waals surface area contributed by atoms with E-state index in [0.29, 0.717) is 5.56 Å². The van der Waals surface area contributed by atoms with Crippen molar-refractivity contribution in [1.29, 1.82) is 0 Å². The van der Waals surface area contributed by atoms with Gasteiger partial charge in [0.15, 0.2) is 5.75 Å². The maximum Gasteiger partial charge on any atom is 0.387 e. The number of ether oxygens (including phenoxy) is 1. The van der Waals surface area contributed by atoms with Crippen LogP contribution in [0.4, 0.5) is 8.78 Å². The van der Waals surface area contributed by atoms with Crippen molar-refractivity contribution in [2.24, 2.45) is 0 Å². The zero-order valence-electron chi connectivity index (χ0n) is 9.21. The fraction of sp³-hybridized carbons (Fsp3) is 0.0833. The lowest BCUT2D eigenvalue weighted by Gasteiger charge is -2.13. The van der Waals surface area contributed by atoms with Crippen molar-refractivity contribution in [1.82, 2.24) is 4.98 Å². The van der Waals surface area contributed by atoms with E-state index in [2.05, 4.69) is 9.72 Å². The van der Waals surface area contributed by atoms with Gasteiger partial charge in [0.2, 0.25) is 0 Å². The van der Waals surface area contributed by atoms with E-state index in [1.807, 2.05) is 0 Å². The summed E-state index contributed by atoms with van der Waals surface area (Å²) in [5, 5.41) is 0.528. The Bertz CT molecular complexity index is 587. The number of pyridine rings is 1. The molecule has 0 aliphatic carbocycles. The molecule has 19 heavy (non-hydrogen) atoms. The molecule has 1 aromatic carbocycles. The second-order valence-electron chi connectivity index (χ2n) is 3.47. The van der Waals surface area contributed by atoms with Crippen molar-refractivity contribution < 1.29 is 13.5 Å². The van der Waals surface area contributed by atoms with E-state index in [4.69, 9.17) is 34.8 Å². The maximum atomic E-state index is 12.4. The van der Waals surface area contributed by atoms with Crippen LogP contribution in [-0.4, -0.2) is 11.6 Å². The molecule has 0 aliphatic rings. The number of alkyl halides is 2. The molecule has 1 aromatic heterocycles. The quantitative estimate of drug-likeness (QED) is 0.763. The number of nitrogens with zero attached hydrogens (tertiary/aromatic N) is 1. The molecular weight excluding hydrogens is 318 g/mol. The summed E-state index contributed by atoms with van der Waals surface area (Å²) in [6.45, 7) is -3.01. The molecule has 0 saturated carbocycles. The molecule has 0 bridgehead atoms. The fourth-order valence-electron chi connectivity index (χ4n) is 1.57. The Morgan fingerprint density at radius 1 is 1.00 bits per heavy atom. The monoisotopic (exact) mass is 323 g/mol. The molecule has 100 valence electrons. The second-order valence-corrected chi connectivity index (χ2v) is 4.69. The summed E-state index contributed by atoms with van der Waals surface area (Å²) < 4.78 is 29.3. The Morgan fingerprint density at radius 3 is 2.21 bits per heavy atom. The van der Waals surface area contributed by atoms with Gasteiger partial charge in [-0.15, -0.1) is 0 Å². The molecule has 0 spiro atoms. The molecule has 2 nitrogen and oxygen atoms in total. The third-order valence-corrected chi connectivity index (χ3v) is 3.19. The summed E-state index contributed by atoms with van der Waals surface area (Å²) in [5.41, 5.74) is 0.555. The fourth-order valence-corrected chi connectivity index (χ4v) is 2.37. The molecule has 0 amide bonds. The molecule has 0 saturated heterocycles. The van der Waals surface area contributed by atoms with Crippen molar-refractivity contribution >= 4 is 34.8 Å². The van der Waals surface area contributed by atoms with Gasteiger partial charge in [0.05, 0.1) is 10.0 Å². The standard InChI is InChI=1S/C12H6Cl3F2NO/c13-7-2-1-3-8(14)10(7)6-4-18-5-9(15)11(6)19-12(16)17/h1-5,12H. The van der Waals surface area contributed by atoms with Crippen LogP contribution in [0.1, 0.15) is 0 Å². The summed E-state index contributed by atoms with van der Waals surface area (Å²) in [4.78, 5) is 3.84. The molecule has 0 N–H and O–H groups in total. The zero-order valence-corrected chi connectivity index (χ0v) is 11.5. The minimum atomic E-state index is -3.01. The second kappa shape index (κ2) is 5.90. The lowest BCUT2D eigenvalue weighted by Crippen LogP contribution is -2.04. The first-order valence-electron chi connectivity index (χ1n) is 5.03. The van der Waals surface area contributed by atoms with E-state index in [0.717, 1.165) is 0 Å². The van der Waals surface area contributed by atoms with Gasteiger partial charge < -0.3 is 4.74 Å². The average molecular weight is 325 g/mol. The Labute approximate surface area is 122 Å². The van der Waals surface area contributed by atoms with E-state index in [9.17, 15) is 8.78 Å². The van der Waals surface area contributed by atoms with Crippen LogP contribution < -0.4 is 4.74 Å². The van der Waals surface area contributed by atoms with E-state index in [1.54, 1.807) is 18.2 Å². The summed E-state index contributed by atoms with van der Waals surface area (Å²) in [5.74, 6) is -0.207. The Balaban J connectivity index is 2.65. The van der Waals surface area contributed by atoms with Crippen LogP contribution in [0.3, 0.4) is 0 Å². The number of hydrogen-bond acceptors (Lipinski definition) is 2. The summed E-state index contributed by atoms with van der Waals surface area (Å²) in [7, 11) is 0. The van der Waals surface area contributed by atoms with Crippen LogP contribution in [0.25, 0.3) is 11.1 Å². The highest BCUT2D eigenvalue weighted by molar-refractivity contribution is 6.39. The minimum absolute atomic E-state index is 0.0474. The van der Waals surface area contributed by atoms with E-state index in [1.165, 1.54) is 12.4 Å². The predicted molar refractivity (Wildman–Crippen MR) is 71.3 cm³/mol. The third-order valence-electron chi connectivity index (χ3n) is 2.29. The normalized spacial score (nSPS) is 10.8. The first-order valence-corrected chi connectivity index (χ1v) is 6.16. The number of halogens is 5. The van der Waals surface area contributed by atoms with Gasteiger partial charge >= 0.3 is 6.61 Å². The zero-order chi connectivity index (χ0) is 14.0. The molecule has 2 aromatic rings.